The summed E-state index contributed by atoms with van der Waals surface area (Å²) >= 11 is 6.31. The van der Waals surface area contributed by atoms with E-state index in [1.165, 1.54) is 0 Å². The molecule has 1 unspecified atom stereocenters. The Morgan fingerprint density at radius 2 is 2.09 bits per heavy atom. The quantitative estimate of drug-likeness (QED) is 0.916. The molecule has 1 atom stereocenters. The van der Waals surface area contributed by atoms with Crippen LogP contribution in [0.1, 0.15) is 30.9 Å². The number of benzene rings is 1. The van der Waals surface area contributed by atoms with Crippen molar-refractivity contribution in [3.05, 3.63) is 34.9 Å². The minimum absolute atomic E-state index is 0.00618. The first-order valence-electron chi connectivity index (χ1n) is 8.19. The Balaban J connectivity index is 1.74. The van der Waals surface area contributed by atoms with Crippen LogP contribution in [-0.4, -0.2) is 54.3 Å². The van der Waals surface area contributed by atoms with Crippen LogP contribution < -0.4 is 5.32 Å². The van der Waals surface area contributed by atoms with Crippen molar-refractivity contribution in [1.82, 2.24) is 15.1 Å². The van der Waals surface area contributed by atoms with Crippen LogP contribution in [0.3, 0.4) is 0 Å². The molecule has 0 saturated carbocycles. The van der Waals surface area contributed by atoms with Gasteiger partial charge in [0.25, 0.3) is 0 Å². The molecule has 2 saturated heterocycles. The Morgan fingerprint density at radius 1 is 1.26 bits per heavy atom. The lowest BCUT2D eigenvalue weighted by Gasteiger charge is -2.38. The first-order valence-corrected chi connectivity index (χ1v) is 8.57. The van der Waals surface area contributed by atoms with Crippen molar-refractivity contribution in [2.45, 2.75) is 25.3 Å². The van der Waals surface area contributed by atoms with E-state index in [4.69, 9.17) is 11.6 Å². The van der Waals surface area contributed by atoms with E-state index in [9.17, 15) is 9.59 Å². The summed E-state index contributed by atoms with van der Waals surface area (Å²) in [5, 5.41) is 4.00. The molecule has 0 aromatic heterocycles. The van der Waals surface area contributed by atoms with Gasteiger partial charge in [0.05, 0.1) is 12.6 Å². The van der Waals surface area contributed by atoms with Crippen LogP contribution in [-0.2, 0) is 9.59 Å². The van der Waals surface area contributed by atoms with E-state index in [1.807, 2.05) is 29.2 Å². The maximum Gasteiger partial charge on any atom is 0.242 e. The number of hydrogen-bond donors (Lipinski definition) is 1. The molecular formula is C17H22ClN3O2. The molecule has 23 heavy (non-hydrogen) atoms. The summed E-state index contributed by atoms with van der Waals surface area (Å²) in [5.41, 5.74) is 0.958. The summed E-state index contributed by atoms with van der Waals surface area (Å²) in [6, 6.07) is 7.56. The largest absolute Gasteiger partial charge is 0.333 e. The number of piperidine rings is 1. The minimum Gasteiger partial charge on any atom is -0.333 e. The molecule has 5 nitrogen and oxygen atoms in total. The molecule has 6 heteroatoms. The average molecular weight is 336 g/mol. The molecular weight excluding hydrogens is 314 g/mol. The zero-order chi connectivity index (χ0) is 16.2. The predicted octanol–water partition coefficient (Wildman–Crippen LogP) is 1.83. The molecule has 0 radical (unpaired) electrons. The van der Waals surface area contributed by atoms with Crippen molar-refractivity contribution >= 4 is 23.4 Å². The fourth-order valence-electron chi connectivity index (χ4n) is 3.31. The molecule has 124 valence electrons. The van der Waals surface area contributed by atoms with Crippen molar-refractivity contribution in [3.63, 3.8) is 0 Å². The molecule has 2 aliphatic rings. The summed E-state index contributed by atoms with van der Waals surface area (Å²) in [6.45, 7) is 2.95. The van der Waals surface area contributed by atoms with Crippen molar-refractivity contribution in [3.8, 4) is 0 Å². The van der Waals surface area contributed by atoms with Crippen molar-refractivity contribution < 1.29 is 9.59 Å². The molecule has 1 N–H and O–H groups in total. The second-order valence-corrected chi connectivity index (χ2v) is 6.51. The van der Waals surface area contributed by atoms with E-state index in [0.29, 0.717) is 31.1 Å². The van der Waals surface area contributed by atoms with E-state index >= 15 is 0 Å². The van der Waals surface area contributed by atoms with Crippen LogP contribution in [0.25, 0.3) is 0 Å². The van der Waals surface area contributed by atoms with Gasteiger partial charge in [-0.05, 0) is 24.5 Å². The highest BCUT2D eigenvalue weighted by atomic mass is 35.5. The van der Waals surface area contributed by atoms with Crippen LogP contribution in [0.15, 0.2) is 24.3 Å². The Bertz CT molecular complexity index is 593. The zero-order valence-corrected chi connectivity index (χ0v) is 13.9. The smallest absolute Gasteiger partial charge is 0.242 e. The van der Waals surface area contributed by atoms with Gasteiger partial charge in [-0.25, -0.2) is 0 Å². The fraction of sp³-hybridized carbons (Fsp3) is 0.529. The number of hydrogen-bond acceptors (Lipinski definition) is 3. The van der Waals surface area contributed by atoms with E-state index < -0.39 is 0 Å². The third-order valence-corrected chi connectivity index (χ3v) is 4.92. The van der Waals surface area contributed by atoms with Crippen LogP contribution in [0.4, 0.5) is 0 Å². The number of rotatable bonds is 3. The molecule has 0 spiro atoms. The first-order chi connectivity index (χ1) is 11.2. The van der Waals surface area contributed by atoms with Gasteiger partial charge in [0.15, 0.2) is 0 Å². The summed E-state index contributed by atoms with van der Waals surface area (Å²) in [5.74, 6) is 0.0979. The highest BCUT2D eigenvalue weighted by Crippen LogP contribution is 2.28. The van der Waals surface area contributed by atoms with Gasteiger partial charge in [0.1, 0.15) is 0 Å². The molecule has 0 aliphatic carbocycles. The number of carbonyl (C=O) groups is 2. The number of amides is 2. The maximum atomic E-state index is 12.8. The van der Waals surface area contributed by atoms with Gasteiger partial charge in [-0.3, -0.25) is 9.59 Å². The topological polar surface area (TPSA) is 52.7 Å². The summed E-state index contributed by atoms with van der Waals surface area (Å²) < 4.78 is 0. The Labute approximate surface area is 141 Å². The summed E-state index contributed by atoms with van der Waals surface area (Å²) in [6.07, 6.45) is 2.47. The first kappa shape index (κ1) is 16.3. The van der Waals surface area contributed by atoms with Gasteiger partial charge < -0.3 is 15.1 Å². The normalized spacial score (nSPS) is 22.3. The molecule has 1 aromatic rings. The van der Waals surface area contributed by atoms with Gasteiger partial charge in [0.2, 0.25) is 11.8 Å². The van der Waals surface area contributed by atoms with Crippen molar-refractivity contribution in [2.75, 3.05) is 32.7 Å². The minimum atomic E-state index is -0.0788. The van der Waals surface area contributed by atoms with Gasteiger partial charge in [-0.2, -0.15) is 0 Å². The highest BCUT2D eigenvalue weighted by molar-refractivity contribution is 6.31. The van der Waals surface area contributed by atoms with Gasteiger partial charge in [0, 0.05) is 37.6 Å². The number of piperazine rings is 1. The predicted molar refractivity (Wildman–Crippen MR) is 89.2 cm³/mol. The lowest BCUT2D eigenvalue weighted by Crippen LogP contribution is -2.52. The van der Waals surface area contributed by atoms with Crippen LogP contribution in [0.2, 0.25) is 5.02 Å². The van der Waals surface area contributed by atoms with E-state index in [-0.39, 0.29) is 24.4 Å². The zero-order valence-electron chi connectivity index (χ0n) is 13.1. The van der Waals surface area contributed by atoms with Gasteiger partial charge in [-0.15, -0.1) is 0 Å². The molecule has 2 heterocycles. The number of carbonyl (C=O) groups excluding carboxylic acids is 2. The number of nitrogens with zero attached hydrogens (tertiary/aromatic N) is 2. The average Bonchev–Trinajstić information content (AvgIpc) is 2.57. The molecule has 2 aliphatic heterocycles. The number of halogens is 1. The fourth-order valence-corrected chi connectivity index (χ4v) is 3.57. The van der Waals surface area contributed by atoms with E-state index in [0.717, 1.165) is 24.9 Å². The number of likely N-dealkylation sites (tertiary alicyclic amines) is 1. The Kier molecular flexibility index (Phi) is 5.18. The lowest BCUT2D eigenvalue weighted by atomic mass is 10.0. The molecule has 1 aromatic carbocycles. The maximum absolute atomic E-state index is 12.8. The SMILES string of the molecule is O=C1CCCCN1CC(=O)N1CCNCC1c1ccccc1Cl. The van der Waals surface area contributed by atoms with Crippen molar-refractivity contribution in [1.29, 1.82) is 0 Å². The summed E-state index contributed by atoms with van der Waals surface area (Å²) in [7, 11) is 0. The summed E-state index contributed by atoms with van der Waals surface area (Å²) in [4.78, 5) is 28.3. The highest BCUT2D eigenvalue weighted by Gasteiger charge is 2.31. The lowest BCUT2D eigenvalue weighted by molar-refractivity contribution is -0.143. The molecule has 2 amide bonds. The number of nitrogens with one attached hydrogen (secondary N) is 1. The molecule has 3 rings (SSSR count). The second-order valence-electron chi connectivity index (χ2n) is 6.10. The van der Waals surface area contributed by atoms with Crippen molar-refractivity contribution in [2.24, 2.45) is 0 Å². The standard InChI is InChI=1S/C17H22ClN3O2/c18-14-6-2-1-5-13(14)15-11-19-8-10-21(15)17(23)12-20-9-4-3-7-16(20)22/h1-2,5-6,15,19H,3-4,7-12H2. The van der Waals surface area contributed by atoms with Crippen LogP contribution >= 0.6 is 11.6 Å². The Morgan fingerprint density at radius 3 is 2.87 bits per heavy atom. The second kappa shape index (κ2) is 7.32. The third-order valence-electron chi connectivity index (χ3n) is 4.58. The van der Waals surface area contributed by atoms with E-state index in [1.54, 1.807) is 4.90 Å². The van der Waals surface area contributed by atoms with E-state index in [2.05, 4.69) is 5.32 Å². The third kappa shape index (κ3) is 3.67. The molecule has 0 bridgehead atoms. The molecule has 2 fully saturated rings. The van der Waals surface area contributed by atoms with Crippen LogP contribution in [0, 0.1) is 0 Å². The van der Waals surface area contributed by atoms with Gasteiger partial charge in [-0.1, -0.05) is 29.8 Å². The van der Waals surface area contributed by atoms with Gasteiger partial charge >= 0.3 is 0 Å². The Hall–Kier alpha value is -1.59. The monoisotopic (exact) mass is 335 g/mol. The van der Waals surface area contributed by atoms with Crippen LogP contribution in [0.5, 0.6) is 0 Å².